The highest BCUT2D eigenvalue weighted by atomic mass is 32.2. The minimum Gasteiger partial charge on any atom is -0.508 e. The summed E-state index contributed by atoms with van der Waals surface area (Å²) in [5.41, 5.74) is 3.54. The molecule has 0 aliphatic carbocycles. The molecule has 0 radical (unpaired) electrons. The fourth-order valence-corrected chi connectivity index (χ4v) is 4.21. The average Bonchev–Trinajstić information content (AvgIpc) is 2.98. The number of benzene rings is 3. The van der Waals surface area contributed by atoms with Gasteiger partial charge in [-0.05, 0) is 66.6 Å². The van der Waals surface area contributed by atoms with Gasteiger partial charge in [0.2, 0.25) is 0 Å². The number of carbonyl (C=O) groups is 1. The zero-order chi connectivity index (χ0) is 20.6. The molecule has 7 heteroatoms. The largest absolute Gasteiger partial charge is 0.508 e. The maximum atomic E-state index is 12.8. The molecule has 1 aliphatic rings. The van der Waals surface area contributed by atoms with Crippen molar-refractivity contribution in [1.29, 1.82) is 0 Å². The Kier molecular flexibility index (Phi) is 4.60. The molecule has 3 aromatic carbocycles. The molecule has 1 heterocycles. The summed E-state index contributed by atoms with van der Waals surface area (Å²) in [6.45, 7) is 1.88. The normalized spacial score (nSPS) is 14.5. The summed E-state index contributed by atoms with van der Waals surface area (Å²) in [7, 11) is -3.82. The predicted octanol–water partition coefficient (Wildman–Crippen LogP) is 3.99. The van der Waals surface area contributed by atoms with Crippen LogP contribution in [0.3, 0.4) is 0 Å². The number of amides is 1. The van der Waals surface area contributed by atoms with Crippen LogP contribution in [0.1, 0.15) is 16.7 Å². The SMILES string of the molecule is Cc1cccc(NS(=O)(=O)c2ccc3c(c2)/C(=C\c2ccc(O)cc2)C(=O)N3)c1. The first kappa shape index (κ1) is 18.8. The van der Waals surface area contributed by atoms with E-state index in [1.807, 2.05) is 13.0 Å². The second-order valence-electron chi connectivity index (χ2n) is 6.79. The van der Waals surface area contributed by atoms with Crippen molar-refractivity contribution in [2.75, 3.05) is 10.0 Å². The number of aryl methyl sites for hydroxylation is 1. The molecule has 3 N–H and O–H groups in total. The van der Waals surface area contributed by atoms with Gasteiger partial charge < -0.3 is 10.4 Å². The van der Waals surface area contributed by atoms with Crippen molar-refractivity contribution in [2.24, 2.45) is 0 Å². The molecule has 0 aromatic heterocycles. The van der Waals surface area contributed by atoms with E-state index in [9.17, 15) is 18.3 Å². The molecule has 0 unspecified atom stereocenters. The van der Waals surface area contributed by atoms with E-state index in [1.165, 1.54) is 24.3 Å². The number of carbonyl (C=O) groups excluding carboxylic acids is 1. The van der Waals surface area contributed by atoms with Crippen LogP contribution in [0.25, 0.3) is 11.6 Å². The molecular weight excluding hydrogens is 388 g/mol. The van der Waals surface area contributed by atoms with Crippen molar-refractivity contribution in [3.8, 4) is 5.75 Å². The van der Waals surface area contributed by atoms with E-state index >= 15 is 0 Å². The number of phenols is 1. The van der Waals surface area contributed by atoms with Crippen LogP contribution in [0.15, 0.2) is 71.6 Å². The first-order chi connectivity index (χ1) is 13.8. The average molecular weight is 406 g/mol. The van der Waals surface area contributed by atoms with E-state index in [1.54, 1.807) is 42.5 Å². The Hall–Kier alpha value is -3.58. The van der Waals surface area contributed by atoms with Crippen molar-refractivity contribution in [3.05, 3.63) is 83.4 Å². The van der Waals surface area contributed by atoms with E-state index in [4.69, 9.17) is 0 Å². The predicted molar refractivity (Wildman–Crippen MR) is 113 cm³/mol. The number of phenolic OH excluding ortho intramolecular Hbond substituents is 1. The smallest absolute Gasteiger partial charge is 0.261 e. The van der Waals surface area contributed by atoms with Crippen LogP contribution in [-0.4, -0.2) is 19.4 Å². The molecule has 0 atom stereocenters. The van der Waals surface area contributed by atoms with Crippen LogP contribution in [0.5, 0.6) is 5.75 Å². The number of hydrogen-bond acceptors (Lipinski definition) is 4. The molecule has 3 aromatic rings. The topological polar surface area (TPSA) is 95.5 Å². The summed E-state index contributed by atoms with van der Waals surface area (Å²) in [5.74, 6) is -0.187. The third-order valence-corrected chi connectivity index (χ3v) is 5.94. The van der Waals surface area contributed by atoms with E-state index < -0.39 is 10.0 Å². The zero-order valence-corrected chi connectivity index (χ0v) is 16.3. The number of anilines is 2. The van der Waals surface area contributed by atoms with Crippen LogP contribution < -0.4 is 10.0 Å². The van der Waals surface area contributed by atoms with E-state index in [0.29, 0.717) is 28.1 Å². The second-order valence-corrected chi connectivity index (χ2v) is 8.47. The summed E-state index contributed by atoms with van der Waals surface area (Å²) in [6.07, 6.45) is 1.66. The minimum absolute atomic E-state index is 0.0610. The van der Waals surface area contributed by atoms with Crippen molar-refractivity contribution in [1.82, 2.24) is 0 Å². The molecule has 4 rings (SSSR count). The van der Waals surface area contributed by atoms with Crippen LogP contribution >= 0.6 is 0 Å². The van der Waals surface area contributed by atoms with Crippen molar-refractivity contribution >= 4 is 39.0 Å². The number of fused-ring (bicyclic) bond motifs is 1. The van der Waals surface area contributed by atoms with Crippen LogP contribution in [0.2, 0.25) is 0 Å². The lowest BCUT2D eigenvalue weighted by Crippen LogP contribution is -2.13. The van der Waals surface area contributed by atoms with Gasteiger partial charge in [0.15, 0.2) is 0 Å². The summed E-state index contributed by atoms with van der Waals surface area (Å²) >= 11 is 0. The van der Waals surface area contributed by atoms with Gasteiger partial charge in [-0.1, -0.05) is 24.3 Å². The van der Waals surface area contributed by atoms with E-state index in [-0.39, 0.29) is 16.6 Å². The van der Waals surface area contributed by atoms with Gasteiger partial charge in [0, 0.05) is 22.5 Å². The molecule has 0 spiro atoms. The summed E-state index contributed by atoms with van der Waals surface area (Å²) in [6, 6.07) is 18.0. The van der Waals surface area contributed by atoms with E-state index in [0.717, 1.165) is 5.56 Å². The molecule has 0 bridgehead atoms. The molecule has 0 fully saturated rings. The lowest BCUT2D eigenvalue weighted by molar-refractivity contribution is -0.110. The number of aromatic hydroxyl groups is 1. The van der Waals surface area contributed by atoms with Gasteiger partial charge in [-0.3, -0.25) is 9.52 Å². The number of hydrogen-bond donors (Lipinski definition) is 3. The minimum atomic E-state index is -3.82. The van der Waals surface area contributed by atoms with Gasteiger partial charge in [0.1, 0.15) is 5.75 Å². The summed E-state index contributed by atoms with van der Waals surface area (Å²) in [4.78, 5) is 12.5. The van der Waals surface area contributed by atoms with Gasteiger partial charge in [-0.2, -0.15) is 0 Å². The van der Waals surface area contributed by atoms with Gasteiger partial charge in [-0.25, -0.2) is 8.42 Å². The fraction of sp³-hybridized carbons (Fsp3) is 0.0455. The Labute approximate surface area is 168 Å². The monoisotopic (exact) mass is 406 g/mol. The Morgan fingerprint density at radius 2 is 1.76 bits per heavy atom. The molecule has 29 heavy (non-hydrogen) atoms. The van der Waals surface area contributed by atoms with Crippen molar-refractivity contribution < 1.29 is 18.3 Å². The summed E-state index contributed by atoms with van der Waals surface area (Å²) in [5, 5.41) is 12.2. The van der Waals surface area contributed by atoms with Crippen LogP contribution in [0, 0.1) is 6.92 Å². The van der Waals surface area contributed by atoms with Crippen LogP contribution in [0.4, 0.5) is 11.4 Å². The number of sulfonamides is 1. The third kappa shape index (κ3) is 3.86. The first-order valence-corrected chi connectivity index (χ1v) is 10.4. The standard InChI is InChI=1S/C22H18N2O4S/c1-14-3-2-4-16(11-14)24-29(27,28)18-9-10-21-19(13-18)20(22(26)23-21)12-15-5-7-17(25)8-6-15/h2-13,24-25H,1H3,(H,23,26)/b20-12+. The van der Waals surface area contributed by atoms with Crippen molar-refractivity contribution in [3.63, 3.8) is 0 Å². The highest BCUT2D eigenvalue weighted by molar-refractivity contribution is 7.92. The Morgan fingerprint density at radius 3 is 2.48 bits per heavy atom. The number of rotatable bonds is 4. The molecular formula is C22H18N2O4S. The number of nitrogens with one attached hydrogen (secondary N) is 2. The molecule has 0 saturated carbocycles. The Morgan fingerprint density at radius 1 is 1.00 bits per heavy atom. The molecule has 146 valence electrons. The van der Waals surface area contributed by atoms with Crippen LogP contribution in [-0.2, 0) is 14.8 Å². The maximum absolute atomic E-state index is 12.8. The van der Waals surface area contributed by atoms with Gasteiger partial charge in [0.25, 0.3) is 15.9 Å². The molecule has 1 aliphatic heterocycles. The molecule has 6 nitrogen and oxygen atoms in total. The third-order valence-electron chi connectivity index (χ3n) is 4.56. The lowest BCUT2D eigenvalue weighted by Gasteiger charge is -2.10. The van der Waals surface area contributed by atoms with Gasteiger partial charge in [0.05, 0.1) is 4.90 Å². The highest BCUT2D eigenvalue weighted by Crippen LogP contribution is 2.35. The maximum Gasteiger partial charge on any atom is 0.261 e. The van der Waals surface area contributed by atoms with E-state index in [2.05, 4.69) is 10.0 Å². The first-order valence-electron chi connectivity index (χ1n) is 8.88. The Balaban J connectivity index is 1.71. The fourth-order valence-electron chi connectivity index (χ4n) is 3.14. The highest BCUT2D eigenvalue weighted by Gasteiger charge is 2.26. The van der Waals surface area contributed by atoms with Crippen molar-refractivity contribution in [2.45, 2.75) is 11.8 Å². The zero-order valence-electron chi connectivity index (χ0n) is 15.5. The summed E-state index contributed by atoms with van der Waals surface area (Å²) < 4.78 is 28.2. The van der Waals surface area contributed by atoms with Gasteiger partial charge >= 0.3 is 0 Å². The van der Waals surface area contributed by atoms with Gasteiger partial charge in [-0.15, -0.1) is 0 Å². The lowest BCUT2D eigenvalue weighted by atomic mass is 10.0. The quantitative estimate of drug-likeness (QED) is 0.571. The second kappa shape index (κ2) is 7.10. The Bertz CT molecular complexity index is 1250. The molecule has 1 amide bonds. The molecule has 0 saturated heterocycles.